The summed E-state index contributed by atoms with van der Waals surface area (Å²) >= 11 is 0. The maximum atomic E-state index is 11.1. The average molecular weight is 490 g/mol. The zero-order chi connectivity index (χ0) is 24.1. The molecule has 0 bridgehead atoms. The van der Waals surface area contributed by atoms with Gasteiger partial charge in [0.15, 0.2) is 11.5 Å². The van der Waals surface area contributed by atoms with Crippen molar-refractivity contribution >= 4 is 5.69 Å². The summed E-state index contributed by atoms with van der Waals surface area (Å²) in [7, 11) is 0. The summed E-state index contributed by atoms with van der Waals surface area (Å²) in [5.41, 5.74) is -0.0850. The van der Waals surface area contributed by atoms with Crippen molar-refractivity contribution in [3.05, 3.63) is 28.3 Å². The predicted octanol–water partition coefficient (Wildman–Crippen LogP) is 1.48. The Morgan fingerprint density at radius 3 is 1.18 bits per heavy atom. The molecule has 0 radical (unpaired) electrons. The van der Waals surface area contributed by atoms with E-state index in [0.717, 1.165) is 0 Å². The minimum atomic E-state index is -0.486. The lowest BCUT2D eigenvalue weighted by molar-refractivity contribution is -0.385. The molecule has 1 aliphatic heterocycles. The molecule has 0 fully saturated rings. The zero-order valence-electron chi connectivity index (χ0n) is 19.5. The lowest BCUT2D eigenvalue weighted by Crippen LogP contribution is -2.15. The number of fused-ring (bicyclic) bond motifs is 1. The van der Waals surface area contributed by atoms with E-state index < -0.39 is 4.92 Å². The van der Waals surface area contributed by atoms with Crippen molar-refractivity contribution in [1.29, 1.82) is 0 Å². The molecule has 0 saturated carbocycles. The summed E-state index contributed by atoms with van der Waals surface area (Å²) in [6.45, 7) is 6.63. The number of benzene rings is 1. The van der Waals surface area contributed by atoms with Gasteiger partial charge in [-0.1, -0.05) is 0 Å². The maximum Gasteiger partial charge on any atom is 0.273 e. The molecule has 34 heavy (non-hydrogen) atoms. The lowest BCUT2D eigenvalue weighted by atomic mass is 10.3. The van der Waals surface area contributed by atoms with Crippen LogP contribution >= 0.6 is 0 Å². The molecule has 0 saturated heterocycles. The van der Waals surface area contributed by atoms with E-state index in [1.165, 1.54) is 18.2 Å². The SMILES string of the molecule is O=[N+]([O-])c1ccc2c(c1)OCCOCCOCCOCCOCCOCCOCCOCCO2. The van der Waals surface area contributed by atoms with Crippen molar-refractivity contribution < 1.29 is 47.6 Å². The second-order valence-corrected chi connectivity index (χ2v) is 6.87. The topological polar surface area (TPSA) is 126 Å². The van der Waals surface area contributed by atoms with Crippen LogP contribution in [0.15, 0.2) is 18.2 Å². The van der Waals surface area contributed by atoms with E-state index in [4.69, 9.17) is 42.6 Å². The first-order valence-electron chi connectivity index (χ1n) is 11.4. The molecule has 0 N–H and O–H groups in total. The monoisotopic (exact) mass is 489 g/mol. The molecule has 12 heteroatoms. The van der Waals surface area contributed by atoms with Crippen LogP contribution in [0.5, 0.6) is 11.5 Å². The highest BCUT2D eigenvalue weighted by Gasteiger charge is 2.13. The van der Waals surface area contributed by atoms with Gasteiger partial charge in [0.2, 0.25) is 0 Å². The van der Waals surface area contributed by atoms with Crippen LogP contribution in [0, 0.1) is 10.1 Å². The van der Waals surface area contributed by atoms with Gasteiger partial charge in [0.25, 0.3) is 5.69 Å². The van der Waals surface area contributed by atoms with Crippen LogP contribution in [0.4, 0.5) is 5.69 Å². The summed E-state index contributed by atoms with van der Waals surface area (Å²) in [4.78, 5) is 10.6. The number of nitro benzene ring substituents is 1. The molecule has 1 heterocycles. The van der Waals surface area contributed by atoms with Crippen molar-refractivity contribution in [3.63, 3.8) is 0 Å². The molecule has 1 aromatic rings. The van der Waals surface area contributed by atoms with Crippen LogP contribution in [0.3, 0.4) is 0 Å². The highest BCUT2D eigenvalue weighted by molar-refractivity contribution is 5.48. The van der Waals surface area contributed by atoms with E-state index in [-0.39, 0.29) is 24.7 Å². The van der Waals surface area contributed by atoms with Gasteiger partial charge >= 0.3 is 0 Å². The van der Waals surface area contributed by atoms with Gasteiger partial charge in [-0.15, -0.1) is 0 Å². The molecule has 0 aliphatic carbocycles. The first-order chi connectivity index (χ1) is 16.8. The van der Waals surface area contributed by atoms with E-state index >= 15 is 0 Å². The van der Waals surface area contributed by atoms with Crippen molar-refractivity contribution in [1.82, 2.24) is 0 Å². The van der Waals surface area contributed by atoms with E-state index in [2.05, 4.69) is 0 Å². The highest BCUT2D eigenvalue weighted by Crippen LogP contribution is 2.31. The summed E-state index contributed by atoms with van der Waals surface area (Å²) in [5.74, 6) is 0.670. The molecule has 194 valence electrons. The predicted molar refractivity (Wildman–Crippen MR) is 120 cm³/mol. The molecule has 12 nitrogen and oxygen atoms in total. The fourth-order valence-electron chi connectivity index (χ4n) is 2.68. The van der Waals surface area contributed by atoms with Gasteiger partial charge in [0, 0.05) is 6.07 Å². The Kier molecular flexibility index (Phi) is 16.0. The summed E-state index contributed by atoms with van der Waals surface area (Å²) in [6.07, 6.45) is 0. The average Bonchev–Trinajstić information content (AvgIpc) is 2.83. The molecule has 0 aromatic heterocycles. The van der Waals surface area contributed by atoms with Gasteiger partial charge in [0.05, 0.1) is 103 Å². The summed E-state index contributed by atoms with van der Waals surface area (Å²) in [6, 6.07) is 4.20. The van der Waals surface area contributed by atoms with Gasteiger partial charge < -0.3 is 42.6 Å². The van der Waals surface area contributed by atoms with Crippen molar-refractivity contribution in [2.24, 2.45) is 0 Å². The molecule has 1 aromatic carbocycles. The number of hydrogen-bond acceptors (Lipinski definition) is 11. The molecule has 0 amide bonds. The molecule has 0 spiro atoms. The van der Waals surface area contributed by atoms with E-state index in [1.807, 2.05) is 0 Å². The molecular weight excluding hydrogens is 454 g/mol. The Balaban J connectivity index is 1.76. The number of ether oxygens (including phenoxy) is 9. The first kappa shape index (κ1) is 28.2. The number of rotatable bonds is 1. The highest BCUT2D eigenvalue weighted by atomic mass is 16.6. The van der Waals surface area contributed by atoms with Gasteiger partial charge in [0.1, 0.15) is 13.2 Å². The van der Waals surface area contributed by atoms with E-state index in [9.17, 15) is 10.1 Å². The fourth-order valence-corrected chi connectivity index (χ4v) is 2.68. The Bertz CT molecular complexity index is 662. The maximum absolute atomic E-state index is 11.1. The Morgan fingerprint density at radius 1 is 0.500 bits per heavy atom. The molecular formula is C22H35NO11. The zero-order valence-corrected chi connectivity index (χ0v) is 19.5. The third kappa shape index (κ3) is 13.6. The van der Waals surface area contributed by atoms with Crippen molar-refractivity contribution in [2.45, 2.75) is 0 Å². The summed E-state index contributed by atoms with van der Waals surface area (Å²) in [5, 5.41) is 11.1. The molecule has 0 unspecified atom stereocenters. The third-order valence-corrected chi connectivity index (χ3v) is 4.34. The van der Waals surface area contributed by atoms with Crippen molar-refractivity contribution in [3.8, 4) is 11.5 Å². The van der Waals surface area contributed by atoms with E-state index in [1.54, 1.807) is 0 Å². The lowest BCUT2D eigenvalue weighted by Gasteiger charge is -2.13. The van der Waals surface area contributed by atoms with Gasteiger partial charge in [-0.3, -0.25) is 10.1 Å². The number of hydrogen-bond donors (Lipinski definition) is 0. The Morgan fingerprint density at radius 2 is 0.824 bits per heavy atom. The smallest absolute Gasteiger partial charge is 0.273 e. The van der Waals surface area contributed by atoms with Crippen LogP contribution in [-0.4, -0.2) is 111 Å². The Hall–Kier alpha value is -2.06. The number of nitrogens with zero attached hydrogens (tertiary/aromatic N) is 1. The fraction of sp³-hybridized carbons (Fsp3) is 0.727. The van der Waals surface area contributed by atoms with Crippen LogP contribution < -0.4 is 9.47 Å². The second kappa shape index (κ2) is 19.3. The third-order valence-electron chi connectivity index (χ3n) is 4.34. The molecule has 1 aliphatic rings. The molecule has 0 atom stereocenters. The quantitative estimate of drug-likeness (QED) is 0.420. The summed E-state index contributed by atoms with van der Waals surface area (Å²) < 4.78 is 49.4. The van der Waals surface area contributed by atoms with Gasteiger partial charge in [-0.25, -0.2) is 0 Å². The number of nitro groups is 1. The normalized spacial score (nSPS) is 20.1. The first-order valence-corrected chi connectivity index (χ1v) is 11.4. The molecule has 2 rings (SSSR count). The van der Waals surface area contributed by atoms with Crippen LogP contribution in [0.25, 0.3) is 0 Å². The van der Waals surface area contributed by atoms with Crippen molar-refractivity contribution in [2.75, 3.05) is 106 Å². The van der Waals surface area contributed by atoms with Crippen LogP contribution in [-0.2, 0) is 33.2 Å². The minimum absolute atomic E-state index is 0.0850. The largest absolute Gasteiger partial charge is 0.487 e. The van der Waals surface area contributed by atoms with Crippen LogP contribution in [0.2, 0.25) is 0 Å². The van der Waals surface area contributed by atoms with Gasteiger partial charge in [-0.2, -0.15) is 0 Å². The standard InChI is InChI=1S/C22H35NO11/c24-23(25)20-1-2-21-22(19-20)34-18-16-32-14-12-30-10-8-28-6-4-26-3-5-27-7-9-29-11-13-31-15-17-33-21/h1-2,19H,3-18H2. The number of non-ortho nitro benzene ring substituents is 1. The Labute approximate surface area is 199 Å². The van der Waals surface area contributed by atoms with Gasteiger partial charge in [-0.05, 0) is 6.07 Å². The second-order valence-electron chi connectivity index (χ2n) is 6.87. The minimum Gasteiger partial charge on any atom is -0.487 e. The van der Waals surface area contributed by atoms with Crippen LogP contribution in [0.1, 0.15) is 0 Å². The van der Waals surface area contributed by atoms with E-state index in [0.29, 0.717) is 98.2 Å².